The van der Waals surface area contributed by atoms with Gasteiger partial charge in [-0.3, -0.25) is 14.5 Å². The fraction of sp³-hybridized carbons (Fsp3) is 0.118. The first-order valence-corrected chi connectivity index (χ1v) is 8.23. The van der Waals surface area contributed by atoms with Gasteiger partial charge in [-0.25, -0.2) is 0 Å². The molecule has 1 N–H and O–H groups in total. The van der Waals surface area contributed by atoms with E-state index in [1.54, 1.807) is 0 Å². The van der Waals surface area contributed by atoms with Gasteiger partial charge in [-0.1, -0.05) is 66.4 Å². The van der Waals surface area contributed by atoms with Crippen molar-refractivity contribution in [2.24, 2.45) is 0 Å². The third kappa shape index (κ3) is 3.28. The van der Waals surface area contributed by atoms with Gasteiger partial charge in [-0.2, -0.15) is 0 Å². The van der Waals surface area contributed by atoms with Crippen LogP contribution in [-0.4, -0.2) is 32.7 Å². The van der Waals surface area contributed by atoms with Gasteiger partial charge < -0.3 is 5.11 Å². The number of aliphatic carboxylic acids is 1. The minimum absolute atomic E-state index is 0.104. The van der Waals surface area contributed by atoms with Crippen molar-refractivity contribution in [3.8, 4) is 0 Å². The molecule has 0 radical (unpaired) electrons. The van der Waals surface area contributed by atoms with Gasteiger partial charge in [0, 0.05) is 6.54 Å². The second-order valence-corrected chi connectivity index (χ2v) is 6.72. The van der Waals surface area contributed by atoms with Crippen LogP contribution in [0.4, 0.5) is 0 Å². The molecule has 1 saturated heterocycles. The van der Waals surface area contributed by atoms with E-state index in [2.05, 4.69) is 0 Å². The number of carboxylic acids is 1. The van der Waals surface area contributed by atoms with Crippen LogP contribution in [0.25, 0.3) is 16.8 Å². The fourth-order valence-electron chi connectivity index (χ4n) is 2.42. The molecule has 2 aromatic carbocycles. The number of nitrogens with zero attached hydrogens (tertiary/aromatic N) is 1. The van der Waals surface area contributed by atoms with Crippen molar-refractivity contribution in [1.82, 2.24) is 4.90 Å². The topological polar surface area (TPSA) is 57.6 Å². The summed E-state index contributed by atoms with van der Waals surface area (Å²) in [4.78, 5) is 25.0. The van der Waals surface area contributed by atoms with Gasteiger partial charge in [0.05, 0.1) is 11.3 Å². The SMILES string of the molecule is O=C(O)CCN1C(=O)/C(=C\c2cccc3ccccc23)SC1=S. The number of fused-ring (bicyclic) bond motifs is 1. The molecule has 3 rings (SSSR count). The first-order valence-electron chi connectivity index (χ1n) is 7.01. The van der Waals surface area contributed by atoms with Crippen LogP contribution in [0.15, 0.2) is 47.4 Å². The van der Waals surface area contributed by atoms with E-state index in [0.29, 0.717) is 9.23 Å². The van der Waals surface area contributed by atoms with Gasteiger partial charge >= 0.3 is 5.97 Å². The largest absolute Gasteiger partial charge is 0.481 e. The van der Waals surface area contributed by atoms with E-state index < -0.39 is 5.97 Å². The van der Waals surface area contributed by atoms with E-state index in [4.69, 9.17) is 17.3 Å². The molecule has 23 heavy (non-hydrogen) atoms. The molecule has 1 fully saturated rings. The van der Waals surface area contributed by atoms with Gasteiger partial charge in [0.1, 0.15) is 4.32 Å². The van der Waals surface area contributed by atoms with Crippen molar-refractivity contribution >= 4 is 57.0 Å². The highest BCUT2D eigenvalue weighted by Crippen LogP contribution is 2.33. The van der Waals surface area contributed by atoms with E-state index in [1.807, 2.05) is 48.5 Å². The zero-order chi connectivity index (χ0) is 16.4. The summed E-state index contributed by atoms with van der Waals surface area (Å²) in [5.74, 6) is -1.17. The summed E-state index contributed by atoms with van der Waals surface area (Å²) in [6.07, 6.45) is 1.70. The molecule has 4 nitrogen and oxygen atoms in total. The van der Waals surface area contributed by atoms with E-state index in [9.17, 15) is 9.59 Å². The highest BCUT2D eigenvalue weighted by Gasteiger charge is 2.32. The summed E-state index contributed by atoms with van der Waals surface area (Å²) in [7, 11) is 0. The summed E-state index contributed by atoms with van der Waals surface area (Å²) in [5, 5.41) is 10.9. The van der Waals surface area contributed by atoms with E-state index >= 15 is 0 Å². The predicted molar refractivity (Wildman–Crippen MR) is 96.1 cm³/mol. The van der Waals surface area contributed by atoms with Gasteiger partial charge in [0.15, 0.2) is 0 Å². The minimum atomic E-state index is -0.947. The van der Waals surface area contributed by atoms with Crippen LogP contribution < -0.4 is 0 Å². The number of hydrogen-bond acceptors (Lipinski definition) is 4. The monoisotopic (exact) mass is 343 g/mol. The summed E-state index contributed by atoms with van der Waals surface area (Å²) < 4.78 is 0.405. The van der Waals surface area contributed by atoms with Crippen LogP contribution in [0.3, 0.4) is 0 Å². The number of benzene rings is 2. The van der Waals surface area contributed by atoms with Crippen LogP contribution in [0.2, 0.25) is 0 Å². The van der Waals surface area contributed by atoms with Crippen LogP contribution in [-0.2, 0) is 9.59 Å². The van der Waals surface area contributed by atoms with E-state index in [0.717, 1.165) is 16.3 Å². The lowest BCUT2D eigenvalue weighted by atomic mass is 10.0. The Labute approximate surface area is 142 Å². The molecular weight excluding hydrogens is 330 g/mol. The van der Waals surface area contributed by atoms with Crippen LogP contribution >= 0.6 is 24.0 Å². The van der Waals surface area contributed by atoms with Crippen molar-refractivity contribution in [3.63, 3.8) is 0 Å². The Hall–Kier alpha value is -2.18. The van der Waals surface area contributed by atoms with Gasteiger partial charge in [0.25, 0.3) is 5.91 Å². The molecule has 116 valence electrons. The number of hydrogen-bond donors (Lipinski definition) is 1. The molecule has 0 aliphatic carbocycles. The number of thioether (sulfide) groups is 1. The molecule has 2 aromatic rings. The molecule has 1 heterocycles. The Morgan fingerprint density at radius 3 is 2.74 bits per heavy atom. The maximum Gasteiger partial charge on any atom is 0.305 e. The van der Waals surface area contributed by atoms with Crippen molar-refractivity contribution < 1.29 is 14.7 Å². The molecular formula is C17H13NO3S2. The lowest BCUT2D eigenvalue weighted by Gasteiger charge is -2.12. The third-order valence-electron chi connectivity index (χ3n) is 3.53. The van der Waals surface area contributed by atoms with E-state index in [-0.39, 0.29) is 18.9 Å². The number of carbonyl (C=O) groups is 2. The van der Waals surface area contributed by atoms with Crippen molar-refractivity contribution in [1.29, 1.82) is 0 Å². The van der Waals surface area contributed by atoms with Gasteiger partial charge in [-0.05, 0) is 22.4 Å². The van der Waals surface area contributed by atoms with Crippen LogP contribution in [0.5, 0.6) is 0 Å². The molecule has 0 atom stereocenters. The number of thiocarbonyl (C=S) groups is 1. The average molecular weight is 343 g/mol. The zero-order valence-electron chi connectivity index (χ0n) is 12.1. The summed E-state index contributed by atoms with van der Waals surface area (Å²) >= 11 is 6.41. The van der Waals surface area contributed by atoms with Crippen LogP contribution in [0, 0.1) is 0 Å². The fourth-order valence-corrected chi connectivity index (χ4v) is 3.72. The molecule has 0 bridgehead atoms. The number of rotatable bonds is 4. The first-order chi connectivity index (χ1) is 11.1. The highest BCUT2D eigenvalue weighted by molar-refractivity contribution is 8.26. The quantitative estimate of drug-likeness (QED) is 0.680. The molecule has 0 spiro atoms. The van der Waals surface area contributed by atoms with Gasteiger partial charge in [0.2, 0.25) is 0 Å². The predicted octanol–water partition coefficient (Wildman–Crippen LogP) is 3.52. The highest BCUT2D eigenvalue weighted by atomic mass is 32.2. The maximum absolute atomic E-state index is 12.4. The van der Waals surface area contributed by atoms with Gasteiger partial charge in [-0.15, -0.1) is 0 Å². The Bertz CT molecular complexity index is 839. The Morgan fingerprint density at radius 2 is 1.96 bits per heavy atom. The normalized spacial score (nSPS) is 16.5. The number of carboxylic acid groups (broad SMARTS) is 1. The lowest BCUT2D eigenvalue weighted by molar-refractivity contribution is -0.137. The number of carbonyl (C=O) groups excluding carboxylic acids is 1. The number of amides is 1. The van der Waals surface area contributed by atoms with Crippen molar-refractivity contribution in [2.75, 3.05) is 6.54 Å². The third-order valence-corrected chi connectivity index (χ3v) is 4.91. The lowest BCUT2D eigenvalue weighted by Crippen LogP contribution is -2.30. The second-order valence-electron chi connectivity index (χ2n) is 5.05. The summed E-state index contributed by atoms with van der Waals surface area (Å²) in [5.41, 5.74) is 0.946. The smallest absolute Gasteiger partial charge is 0.305 e. The summed E-state index contributed by atoms with van der Waals surface area (Å²) in [6.45, 7) is 0.104. The Morgan fingerprint density at radius 1 is 1.22 bits per heavy atom. The zero-order valence-corrected chi connectivity index (χ0v) is 13.7. The molecule has 0 aromatic heterocycles. The molecule has 1 aliphatic rings. The average Bonchev–Trinajstić information content (AvgIpc) is 2.79. The maximum atomic E-state index is 12.4. The Kier molecular flexibility index (Phi) is 4.45. The molecule has 6 heteroatoms. The molecule has 0 saturated carbocycles. The standard InChI is InChI=1S/C17H13NO3S2/c19-15(20)8-9-18-16(21)14(23-17(18)22)10-12-6-3-5-11-4-1-2-7-13(11)12/h1-7,10H,8-9H2,(H,19,20)/b14-10+. The molecule has 1 amide bonds. The Balaban J connectivity index is 1.92. The first kappa shape index (κ1) is 15.7. The molecule has 1 aliphatic heterocycles. The molecule has 0 unspecified atom stereocenters. The van der Waals surface area contributed by atoms with Crippen molar-refractivity contribution in [2.45, 2.75) is 6.42 Å². The minimum Gasteiger partial charge on any atom is -0.481 e. The van der Waals surface area contributed by atoms with Crippen LogP contribution in [0.1, 0.15) is 12.0 Å². The van der Waals surface area contributed by atoms with E-state index in [1.165, 1.54) is 16.7 Å². The van der Waals surface area contributed by atoms with Crippen molar-refractivity contribution in [3.05, 3.63) is 52.9 Å². The second kappa shape index (κ2) is 6.52. The summed E-state index contributed by atoms with van der Waals surface area (Å²) in [6, 6.07) is 13.9.